The first-order valence-corrected chi connectivity index (χ1v) is 24.0. The van der Waals surface area contributed by atoms with Crippen molar-refractivity contribution in [3.8, 4) is 22.3 Å². The highest BCUT2D eigenvalue weighted by molar-refractivity contribution is 7.00. The maximum atomic E-state index is 7.05. The molecule has 13 rings (SSSR count). The van der Waals surface area contributed by atoms with E-state index in [-0.39, 0.29) is 17.5 Å². The minimum Gasteiger partial charge on any atom is -0.455 e. The lowest BCUT2D eigenvalue weighted by Crippen LogP contribution is -2.61. The van der Waals surface area contributed by atoms with Gasteiger partial charge in [-0.1, -0.05) is 181 Å². The molecule has 0 unspecified atom stereocenters. The van der Waals surface area contributed by atoms with E-state index in [1.165, 1.54) is 49.8 Å². The molecule has 0 N–H and O–H groups in total. The van der Waals surface area contributed by atoms with Gasteiger partial charge in [0.2, 0.25) is 0 Å². The van der Waals surface area contributed by atoms with Crippen LogP contribution in [0.25, 0.3) is 60.7 Å². The number of hydrogen-bond donors (Lipinski definition) is 0. The molecule has 4 nitrogen and oxygen atoms in total. The highest BCUT2D eigenvalue weighted by Crippen LogP contribution is 2.48. The van der Waals surface area contributed by atoms with Crippen LogP contribution < -0.4 is 26.2 Å². The average Bonchev–Trinajstić information content (AvgIpc) is 3.83. The summed E-state index contributed by atoms with van der Waals surface area (Å²) in [6.45, 7) is 13.6. The summed E-state index contributed by atoms with van der Waals surface area (Å²) >= 11 is 0. The molecule has 0 spiro atoms. The van der Waals surface area contributed by atoms with E-state index >= 15 is 0 Å². The van der Waals surface area contributed by atoms with Gasteiger partial charge in [0.1, 0.15) is 22.5 Å². The molecule has 0 saturated carbocycles. The standard InChI is InChI=1S/C63H51BN2O2/c1-62(2,3)49-29-14-13-23-47-45-26-15-24-43(58(45)67-60(47)49)39-33-35-51-55(37-39)65(41-19-9-7-10-20-41)53-31-18-32-54-57(53)64(51)52-36-34-40(38-56(52)66(54)42-21-11-8-12-22-42)44-25-16-27-46-48-28-17-30-50(63(4,5)6)61(48)68-59(44)46/h7-22,24-38H,23H2,1-6H3. The van der Waals surface area contributed by atoms with E-state index in [0.29, 0.717) is 0 Å². The monoisotopic (exact) mass is 878 g/mol. The van der Waals surface area contributed by atoms with Gasteiger partial charge in [-0.25, -0.2) is 0 Å². The fourth-order valence-corrected chi connectivity index (χ4v) is 11.4. The van der Waals surface area contributed by atoms with Gasteiger partial charge in [-0.3, -0.25) is 0 Å². The minimum atomic E-state index is -0.0736. The minimum absolute atomic E-state index is 0.0349. The number of fused-ring (bicyclic) bond motifs is 10. The van der Waals surface area contributed by atoms with Crippen LogP contribution in [0.4, 0.5) is 34.1 Å². The molecule has 5 heteroatoms. The molecule has 3 aliphatic rings. The van der Waals surface area contributed by atoms with Crippen molar-refractivity contribution in [2.45, 2.75) is 53.4 Å². The summed E-state index contributed by atoms with van der Waals surface area (Å²) in [4.78, 5) is 4.96. The Morgan fingerprint density at radius 3 is 1.57 bits per heavy atom. The summed E-state index contributed by atoms with van der Waals surface area (Å²) < 4.78 is 14.0. The summed E-state index contributed by atoms with van der Waals surface area (Å²) in [5, 5.41) is 3.47. The number of hydrogen-bond acceptors (Lipinski definition) is 4. The molecule has 1 aliphatic carbocycles. The predicted molar refractivity (Wildman–Crippen MR) is 287 cm³/mol. The first kappa shape index (κ1) is 40.5. The van der Waals surface area contributed by atoms with E-state index in [0.717, 1.165) is 84.7 Å². The zero-order valence-electron chi connectivity index (χ0n) is 39.4. The van der Waals surface area contributed by atoms with Crippen molar-refractivity contribution in [2.75, 3.05) is 9.80 Å². The molecule has 68 heavy (non-hydrogen) atoms. The molecule has 4 heterocycles. The van der Waals surface area contributed by atoms with Crippen LogP contribution in [0.15, 0.2) is 197 Å². The normalized spacial score (nSPS) is 14.2. The van der Waals surface area contributed by atoms with Crippen molar-refractivity contribution >= 4 is 95.7 Å². The number of nitrogens with zero attached hydrogens (tertiary/aromatic N) is 2. The second kappa shape index (κ2) is 14.9. The summed E-state index contributed by atoms with van der Waals surface area (Å²) in [6, 6.07) is 62.6. The number of rotatable bonds is 4. The second-order valence-electron chi connectivity index (χ2n) is 20.8. The number of allylic oxidation sites excluding steroid dienone is 4. The molecule has 0 bridgehead atoms. The third kappa shape index (κ3) is 6.08. The Morgan fingerprint density at radius 1 is 0.471 bits per heavy atom. The Kier molecular flexibility index (Phi) is 8.86. The molecule has 10 aromatic rings. The van der Waals surface area contributed by atoms with E-state index in [1.54, 1.807) is 0 Å². The van der Waals surface area contributed by atoms with Gasteiger partial charge in [0.05, 0.1) is 0 Å². The first-order valence-electron chi connectivity index (χ1n) is 24.0. The fourth-order valence-electron chi connectivity index (χ4n) is 11.4. The van der Waals surface area contributed by atoms with E-state index in [9.17, 15) is 0 Å². The van der Waals surface area contributed by atoms with Crippen molar-refractivity contribution < 1.29 is 8.83 Å². The van der Waals surface area contributed by atoms with Gasteiger partial charge in [-0.15, -0.1) is 0 Å². The zero-order valence-corrected chi connectivity index (χ0v) is 39.4. The van der Waals surface area contributed by atoms with E-state index in [4.69, 9.17) is 8.83 Å². The smallest absolute Gasteiger partial charge is 0.252 e. The number of furan rings is 2. The predicted octanol–water partition coefficient (Wildman–Crippen LogP) is 15.6. The van der Waals surface area contributed by atoms with Crippen molar-refractivity contribution in [2.24, 2.45) is 5.41 Å². The molecule has 0 saturated heterocycles. The lowest BCUT2D eigenvalue weighted by atomic mass is 9.33. The van der Waals surface area contributed by atoms with Crippen molar-refractivity contribution in [1.82, 2.24) is 0 Å². The lowest BCUT2D eigenvalue weighted by Gasteiger charge is -2.44. The highest BCUT2D eigenvalue weighted by Gasteiger charge is 2.43. The maximum absolute atomic E-state index is 7.05. The Labute approximate surface area is 398 Å². The van der Waals surface area contributed by atoms with Crippen LogP contribution in [-0.4, -0.2) is 6.71 Å². The maximum Gasteiger partial charge on any atom is 0.252 e. The fraction of sp³-hybridized carbons (Fsp3) is 0.143. The Hall–Kier alpha value is -7.76. The zero-order chi connectivity index (χ0) is 46.1. The molecular weight excluding hydrogens is 828 g/mol. The van der Waals surface area contributed by atoms with Crippen LogP contribution in [0.2, 0.25) is 0 Å². The number of benzene rings is 8. The van der Waals surface area contributed by atoms with Crippen molar-refractivity contribution in [3.63, 3.8) is 0 Å². The molecule has 8 aromatic carbocycles. The van der Waals surface area contributed by atoms with Crippen LogP contribution >= 0.6 is 0 Å². The quantitative estimate of drug-likeness (QED) is 0.165. The Balaban J connectivity index is 1.04. The molecule has 0 fully saturated rings. The molecule has 2 aliphatic heterocycles. The second-order valence-corrected chi connectivity index (χ2v) is 20.8. The molecule has 0 amide bonds. The summed E-state index contributed by atoms with van der Waals surface area (Å²) in [7, 11) is 0. The van der Waals surface area contributed by atoms with Crippen LogP contribution in [0.3, 0.4) is 0 Å². The van der Waals surface area contributed by atoms with Crippen LogP contribution in [0, 0.1) is 5.41 Å². The SMILES string of the molecule is CC(C)(C)C1=CC=CCc2c1oc1c(-c3ccc4c(c3)N(c3ccccc3)c3cccc5c3B4c3ccc(-c4cccc6c4oc4c(C(C)(C)C)cccc46)cc3N5c3ccccc3)cccc21. The third-order valence-electron chi connectivity index (χ3n) is 14.6. The van der Waals surface area contributed by atoms with Gasteiger partial charge >= 0.3 is 0 Å². The van der Waals surface area contributed by atoms with E-state index < -0.39 is 0 Å². The Bertz CT molecular complexity index is 3750. The van der Waals surface area contributed by atoms with E-state index in [1.807, 2.05) is 0 Å². The van der Waals surface area contributed by atoms with Crippen LogP contribution in [-0.2, 0) is 11.8 Å². The average molecular weight is 879 g/mol. The highest BCUT2D eigenvalue weighted by atomic mass is 16.3. The molecule has 328 valence electrons. The van der Waals surface area contributed by atoms with Crippen LogP contribution in [0.5, 0.6) is 0 Å². The summed E-state index contributed by atoms with van der Waals surface area (Å²) in [5.41, 5.74) is 21.6. The third-order valence-corrected chi connectivity index (χ3v) is 14.6. The van der Waals surface area contributed by atoms with E-state index in [2.05, 4.69) is 239 Å². The largest absolute Gasteiger partial charge is 0.455 e. The van der Waals surface area contributed by atoms with Crippen molar-refractivity contribution in [3.05, 3.63) is 205 Å². The van der Waals surface area contributed by atoms with Gasteiger partial charge in [0.25, 0.3) is 6.71 Å². The summed E-state index contributed by atoms with van der Waals surface area (Å²) in [6.07, 6.45) is 7.51. The molecular formula is C63H51BN2O2. The number of para-hydroxylation sites is 5. The first-order chi connectivity index (χ1) is 33.0. The van der Waals surface area contributed by atoms with Crippen LogP contribution in [0.1, 0.15) is 58.4 Å². The van der Waals surface area contributed by atoms with Gasteiger partial charge in [0.15, 0.2) is 0 Å². The lowest BCUT2D eigenvalue weighted by molar-refractivity contribution is 0.522. The van der Waals surface area contributed by atoms with Gasteiger partial charge in [-0.05, 0) is 93.3 Å². The Morgan fingerprint density at radius 2 is 1.00 bits per heavy atom. The molecule has 2 aromatic heterocycles. The number of anilines is 6. The van der Waals surface area contributed by atoms with Gasteiger partial charge in [-0.2, -0.15) is 0 Å². The topological polar surface area (TPSA) is 32.8 Å². The summed E-state index contributed by atoms with van der Waals surface area (Å²) in [5.74, 6) is 1.00. The molecule has 0 radical (unpaired) electrons. The molecule has 0 atom stereocenters. The van der Waals surface area contributed by atoms with Gasteiger partial charge < -0.3 is 18.6 Å². The van der Waals surface area contributed by atoms with Crippen molar-refractivity contribution in [1.29, 1.82) is 0 Å². The van der Waals surface area contributed by atoms with Gasteiger partial charge in [0, 0.05) is 78.1 Å².